The van der Waals surface area contributed by atoms with Gasteiger partial charge >= 0.3 is 0 Å². The van der Waals surface area contributed by atoms with Crippen LogP contribution >= 0.6 is 0 Å². The van der Waals surface area contributed by atoms with E-state index in [2.05, 4.69) is 23.9 Å². The third-order valence-corrected chi connectivity index (χ3v) is 1.98. The molecule has 0 saturated heterocycles. The third kappa shape index (κ3) is 1.41. The van der Waals surface area contributed by atoms with Crippen LogP contribution in [-0.2, 0) is 0 Å². The molecule has 0 aromatic heterocycles. The Bertz CT molecular complexity index is 240. The quantitative estimate of drug-likeness (QED) is 0.617. The predicted molar refractivity (Wildman–Crippen MR) is 52.0 cm³/mol. The summed E-state index contributed by atoms with van der Waals surface area (Å²) in [4.78, 5) is 3.99. The molecule has 0 aliphatic carbocycles. The molecule has 66 valence electrons. The van der Waals surface area contributed by atoms with E-state index in [1.165, 1.54) is 5.57 Å². The lowest BCUT2D eigenvalue weighted by molar-refractivity contribution is 0.328. The summed E-state index contributed by atoms with van der Waals surface area (Å²) >= 11 is 0. The molecule has 12 heavy (non-hydrogen) atoms. The zero-order chi connectivity index (χ0) is 9.14. The fraction of sp³-hybridized carbons (Fsp3) is 0.444. The lowest BCUT2D eigenvalue weighted by Crippen LogP contribution is -2.32. The van der Waals surface area contributed by atoms with Crippen molar-refractivity contribution in [1.82, 2.24) is 10.4 Å². The Morgan fingerprint density at radius 1 is 1.67 bits per heavy atom. The SMILES string of the molecule is C=CC1=C(C=NC)N(C)NC1C. The summed E-state index contributed by atoms with van der Waals surface area (Å²) in [5.41, 5.74) is 5.54. The van der Waals surface area contributed by atoms with Gasteiger partial charge in [-0.2, -0.15) is 0 Å². The lowest BCUT2D eigenvalue weighted by atomic mass is 10.1. The van der Waals surface area contributed by atoms with E-state index in [9.17, 15) is 0 Å². The second kappa shape index (κ2) is 3.54. The molecule has 0 bridgehead atoms. The fourth-order valence-electron chi connectivity index (χ4n) is 1.41. The van der Waals surface area contributed by atoms with Crippen molar-refractivity contribution >= 4 is 6.21 Å². The number of aliphatic imine (C=N–C) groups is 1. The van der Waals surface area contributed by atoms with Crippen molar-refractivity contribution in [2.24, 2.45) is 4.99 Å². The molecule has 1 heterocycles. The molecule has 3 heteroatoms. The van der Waals surface area contributed by atoms with Crippen molar-refractivity contribution < 1.29 is 0 Å². The molecule has 1 atom stereocenters. The fourth-order valence-corrected chi connectivity index (χ4v) is 1.41. The van der Waals surface area contributed by atoms with Gasteiger partial charge < -0.3 is 5.01 Å². The second-order valence-electron chi connectivity index (χ2n) is 2.84. The van der Waals surface area contributed by atoms with Crippen LogP contribution in [0.15, 0.2) is 28.9 Å². The highest BCUT2D eigenvalue weighted by molar-refractivity contribution is 5.80. The van der Waals surface area contributed by atoms with Crippen molar-refractivity contribution in [2.45, 2.75) is 13.0 Å². The first-order chi connectivity index (χ1) is 5.70. The molecule has 1 aliphatic rings. The van der Waals surface area contributed by atoms with Crippen molar-refractivity contribution in [3.63, 3.8) is 0 Å². The van der Waals surface area contributed by atoms with E-state index in [1.54, 1.807) is 7.05 Å². The molecule has 1 unspecified atom stereocenters. The number of nitrogens with one attached hydrogen (secondary N) is 1. The van der Waals surface area contributed by atoms with E-state index in [0.29, 0.717) is 6.04 Å². The standard InChI is InChI=1S/C9H15N3/c1-5-8-7(2)11-12(4)9(8)6-10-3/h5-7,11H,1H2,2-4H3. The highest BCUT2D eigenvalue weighted by Crippen LogP contribution is 2.18. The minimum atomic E-state index is 0.334. The van der Waals surface area contributed by atoms with E-state index in [0.717, 1.165) is 5.70 Å². The van der Waals surface area contributed by atoms with Crippen molar-refractivity contribution in [2.75, 3.05) is 14.1 Å². The topological polar surface area (TPSA) is 27.6 Å². The maximum Gasteiger partial charge on any atom is 0.0742 e. The zero-order valence-corrected chi connectivity index (χ0v) is 7.83. The number of allylic oxidation sites excluding steroid dienone is 1. The number of hydrogen-bond acceptors (Lipinski definition) is 3. The first-order valence-corrected chi connectivity index (χ1v) is 3.99. The monoisotopic (exact) mass is 165 g/mol. The van der Waals surface area contributed by atoms with E-state index in [1.807, 2.05) is 24.3 Å². The number of hydrazine groups is 1. The van der Waals surface area contributed by atoms with Gasteiger partial charge in [-0.3, -0.25) is 4.99 Å². The van der Waals surface area contributed by atoms with Gasteiger partial charge in [0.15, 0.2) is 0 Å². The summed E-state index contributed by atoms with van der Waals surface area (Å²) in [6.45, 7) is 5.88. The summed E-state index contributed by atoms with van der Waals surface area (Å²) in [5, 5.41) is 1.97. The van der Waals surface area contributed by atoms with E-state index < -0.39 is 0 Å². The summed E-state index contributed by atoms with van der Waals surface area (Å²) < 4.78 is 0. The number of rotatable bonds is 2. The molecule has 1 aliphatic heterocycles. The molecule has 0 aromatic rings. The highest BCUT2D eigenvalue weighted by atomic mass is 15.5. The van der Waals surface area contributed by atoms with Crippen molar-refractivity contribution in [1.29, 1.82) is 0 Å². The zero-order valence-electron chi connectivity index (χ0n) is 7.83. The Kier molecular flexibility index (Phi) is 2.65. The Morgan fingerprint density at radius 3 is 2.83 bits per heavy atom. The molecular weight excluding hydrogens is 150 g/mol. The number of nitrogens with zero attached hydrogens (tertiary/aromatic N) is 2. The van der Waals surface area contributed by atoms with E-state index in [-0.39, 0.29) is 0 Å². The Balaban J connectivity index is 3.00. The lowest BCUT2D eigenvalue weighted by Gasteiger charge is -2.13. The normalized spacial score (nSPS) is 24.2. The molecule has 0 amide bonds. The first kappa shape index (κ1) is 9.00. The van der Waals surface area contributed by atoms with Crippen LogP contribution in [0.5, 0.6) is 0 Å². The van der Waals surface area contributed by atoms with Gasteiger partial charge in [-0.1, -0.05) is 12.7 Å². The minimum Gasteiger partial charge on any atom is -0.309 e. The highest BCUT2D eigenvalue weighted by Gasteiger charge is 2.21. The molecule has 0 fully saturated rings. The third-order valence-electron chi connectivity index (χ3n) is 1.98. The van der Waals surface area contributed by atoms with Gasteiger partial charge in [0.05, 0.1) is 11.7 Å². The van der Waals surface area contributed by atoms with Crippen LogP contribution in [-0.4, -0.2) is 31.4 Å². The molecule has 1 N–H and O–H groups in total. The smallest absolute Gasteiger partial charge is 0.0742 e. The van der Waals surface area contributed by atoms with Crippen molar-refractivity contribution in [3.8, 4) is 0 Å². The van der Waals surface area contributed by atoms with Crippen LogP contribution in [0.3, 0.4) is 0 Å². The number of hydrogen-bond donors (Lipinski definition) is 1. The Labute approximate surface area is 73.4 Å². The van der Waals surface area contributed by atoms with Gasteiger partial charge in [-0.05, 0) is 12.5 Å². The molecular formula is C9H15N3. The molecule has 0 radical (unpaired) electrons. The van der Waals surface area contributed by atoms with Gasteiger partial charge in [0.2, 0.25) is 0 Å². The van der Waals surface area contributed by atoms with Crippen LogP contribution in [0.4, 0.5) is 0 Å². The molecule has 1 rings (SSSR count). The van der Waals surface area contributed by atoms with Gasteiger partial charge in [0.25, 0.3) is 0 Å². The first-order valence-electron chi connectivity index (χ1n) is 3.99. The van der Waals surface area contributed by atoms with Crippen LogP contribution in [0.25, 0.3) is 0 Å². The average Bonchev–Trinajstić information content (AvgIpc) is 2.28. The largest absolute Gasteiger partial charge is 0.309 e. The van der Waals surface area contributed by atoms with E-state index in [4.69, 9.17) is 0 Å². The summed E-state index contributed by atoms with van der Waals surface area (Å²) in [6, 6.07) is 0.334. The van der Waals surface area contributed by atoms with Gasteiger partial charge in [-0.15, -0.1) is 0 Å². The average molecular weight is 165 g/mol. The predicted octanol–water partition coefficient (Wildman–Crippen LogP) is 0.966. The Morgan fingerprint density at radius 2 is 2.33 bits per heavy atom. The molecule has 3 nitrogen and oxygen atoms in total. The summed E-state index contributed by atoms with van der Waals surface area (Å²) in [5.74, 6) is 0. The van der Waals surface area contributed by atoms with Crippen LogP contribution in [0.1, 0.15) is 6.92 Å². The van der Waals surface area contributed by atoms with Gasteiger partial charge in [0.1, 0.15) is 0 Å². The molecule has 0 aromatic carbocycles. The second-order valence-corrected chi connectivity index (χ2v) is 2.84. The van der Waals surface area contributed by atoms with E-state index >= 15 is 0 Å². The van der Waals surface area contributed by atoms with Gasteiger partial charge in [-0.25, -0.2) is 5.43 Å². The maximum absolute atomic E-state index is 3.99. The summed E-state index contributed by atoms with van der Waals surface area (Å²) in [6.07, 6.45) is 3.71. The Hall–Kier alpha value is -1.09. The summed E-state index contributed by atoms with van der Waals surface area (Å²) in [7, 11) is 3.74. The van der Waals surface area contributed by atoms with Gasteiger partial charge in [0, 0.05) is 20.3 Å². The van der Waals surface area contributed by atoms with Crippen molar-refractivity contribution in [3.05, 3.63) is 23.9 Å². The maximum atomic E-state index is 3.99. The van der Waals surface area contributed by atoms with Crippen LogP contribution in [0.2, 0.25) is 0 Å². The minimum absolute atomic E-state index is 0.334. The van der Waals surface area contributed by atoms with Crippen LogP contribution < -0.4 is 5.43 Å². The molecule has 0 saturated carbocycles. The van der Waals surface area contributed by atoms with Crippen LogP contribution in [0, 0.1) is 0 Å². The molecule has 0 spiro atoms.